The SMILES string of the molecule is CC(C)(C)[N+](CCCC1(c2ccccc2)NN=C(c2cc(F)ccc2F)S1)C(C)(C)C. The molecule has 1 aliphatic heterocycles. The van der Waals surface area contributed by atoms with Crippen molar-refractivity contribution in [2.75, 3.05) is 6.54 Å². The van der Waals surface area contributed by atoms with Gasteiger partial charge in [-0.1, -0.05) is 42.1 Å². The molecule has 1 N–H and O–H groups in total. The Morgan fingerprint density at radius 3 is 2.23 bits per heavy atom. The van der Waals surface area contributed by atoms with Crippen molar-refractivity contribution in [3.05, 3.63) is 71.3 Å². The van der Waals surface area contributed by atoms with Gasteiger partial charge in [-0.2, -0.15) is 10.0 Å². The Morgan fingerprint density at radius 2 is 1.61 bits per heavy atom. The highest BCUT2D eigenvalue weighted by Gasteiger charge is 2.44. The molecule has 0 amide bonds. The Morgan fingerprint density at radius 1 is 0.968 bits per heavy atom. The zero-order chi connectivity index (χ0) is 22.9. The lowest BCUT2D eigenvalue weighted by Crippen LogP contribution is -2.58. The van der Waals surface area contributed by atoms with Gasteiger partial charge in [-0.15, -0.1) is 0 Å². The summed E-state index contributed by atoms with van der Waals surface area (Å²) >= 11 is 1.47. The van der Waals surface area contributed by atoms with E-state index in [1.54, 1.807) is 0 Å². The van der Waals surface area contributed by atoms with Crippen LogP contribution in [0.15, 0.2) is 53.6 Å². The number of rotatable bonds is 6. The van der Waals surface area contributed by atoms with Crippen molar-refractivity contribution >= 4 is 16.8 Å². The Hall–Kier alpha value is -1.92. The Labute approximate surface area is 189 Å². The van der Waals surface area contributed by atoms with Crippen molar-refractivity contribution in [2.45, 2.75) is 70.3 Å². The molecule has 167 valence electrons. The molecular weight excluding hydrogens is 412 g/mol. The summed E-state index contributed by atoms with van der Waals surface area (Å²) in [5.74, 6) is -0.937. The monoisotopic (exact) mass is 445 g/mol. The summed E-state index contributed by atoms with van der Waals surface area (Å²) in [6.45, 7) is 14.4. The molecule has 3 rings (SSSR count). The maximum Gasteiger partial charge on any atom is 0.134 e. The maximum absolute atomic E-state index is 14.4. The van der Waals surface area contributed by atoms with E-state index >= 15 is 0 Å². The van der Waals surface area contributed by atoms with E-state index in [0.29, 0.717) is 5.04 Å². The summed E-state index contributed by atoms with van der Waals surface area (Å²) in [5.41, 5.74) is 4.63. The largest absolute Gasteiger partial charge is 0.288 e. The zero-order valence-corrected chi connectivity index (χ0v) is 20.1. The van der Waals surface area contributed by atoms with E-state index in [-0.39, 0.29) is 16.6 Å². The van der Waals surface area contributed by atoms with Gasteiger partial charge in [0, 0.05) is 12.0 Å². The van der Waals surface area contributed by atoms with Crippen LogP contribution in [-0.4, -0.2) is 22.7 Å². The summed E-state index contributed by atoms with van der Waals surface area (Å²) < 4.78 is 28.2. The highest BCUT2D eigenvalue weighted by atomic mass is 32.2. The van der Waals surface area contributed by atoms with Gasteiger partial charge >= 0.3 is 0 Å². The maximum atomic E-state index is 14.4. The molecule has 31 heavy (non-hydrogen) atoms. The lowest BCUT2D eigenvalue weighted by Gasteiger charge is -2.36. The van der Waals surface area contributed by atoms with E-state index in [2.05, 4.69) is 69.1 Å². The summed E-state index contributed by atoms with van der Waals surface area (Å²) in [6, 6.07) is 13.6. The van der Waals surface area contributed by atoms with Crippen LogP contribution in [0.4, 0.5) is 8.78 Å². The number of nitrogens with zero attached hydrogens (tertiary/aromatic N) is 2. The van der Waals surface area contributed by atoms with Crippen molar-refractivity contribution in [3.63, 3.8) is 0 Å². The molecule has 0 aromatic heterocycles. The molecule has 1 aliphatic rings. The van der Waals surface area contributed by atoms with Crippen LogP contribution in [0.5, 0.6) is 0 Å². The van der Waals surface area contributed by atoms with Crippen molar-refractivity contribution in [1.82, 2.24) is 10.3 Å². The molecular formula is C25H33F2N3S+. The van der Waals surface area contributed by atoms with E-state index in [1.807, 2.05) is 18.2 Å². The van der Waals surface area contributed by atoms with Gasteiger partial charge in [0.15, 0.2) is 0 Å². The van der Waals surface area contributed by atoms with Gasteiger partial charge in [0.25, 0.3) is 0 Å². The first-order valence-corrected chi connectivity index (χ1v) is 11.6. The first-order chi connectivity index (χ1) is 14.4. The number of benzene rings is 2. The van der Waals surface area contributed by atoms with Crippen molar-refractivity contribution < 1.29 is 8.78 Å². The highest BCUT2D eigenvalue weighted by Crippen LogP contribution is 2.44. The van der Waals surface area contributed by atoms with E-state index in [1.165, 1.54) is 17.8 Å². The predicted octanol–water partition coefficient (Wildman–Crippen LogP) is 6.33. The fourth-order valence-corrected chi connectivity index (χ4v) is 5.65. The van der Waals surface area contributed by atoms with Crippen LogP contribution in [0.3, 0.4) is 0 Å². The van der Waals surface area contributed by atoms with Crippen LogP contribution in [0.1, 0.15) is 65.5 Å². The number of halogens is 2. The van der Waals surface area contributed by atoms with Gasteiger partial charge in [0.05, 0.1) is 0 Å². The van der Waals surface area contributed by atoms with Gasteiger partial charge in [-0.3, -0.25) is 5.43 Å². The Balaban J connectivity index is 1.83. The van der Waals surface area contributed by atoms with Crippen LogP contribution in [0, 0.1) is 11.6 Å². The minimum absolute atomic E-state index is 0.0424. The van der Waals surface area contributed by atoms with Crippen LogP contribution in [-0.2, 0) is 4.87 Å². The van der Waals surface area contributed by atoms with Gasteiger partial charge < -0.3 is 0 Å². The second-order valence-electron chi connectivity index (χ2n) is 10.0. The predicted molar refractivity (Wildman–Crippen MR) is 127 cm³/mol. The Kier molecular flexibility index (Phi) is 6.82. The molecule has 0 saturated heterocycles. The molecule has 2 aromatic carbocycles. The average Bonchev–Trinajstić information content (AvgIpc) is 3.11. The standard InChI is InChI=1S/C25H33F2N3S/c1-23(2,3)30(24(4,5)6)16-10-15-25(18-11-8-7-9-12-18)29-28-22(31-25)20-17-19(26)13-14-21(20)27/h7-9,11-14,17,29H,10,15-16H2,1-6H3/q+1. The normalized spacial score (nSPS) is 19.5. The molecule has 0 fully saturated rings. The molecule has 1 unspecified atom stereocenters. The highest BCUT2D eigenvalue weighted by molar-refractivity contribution is 8.15. The fraction of sp³-hybridized carbons (Fsp3) is 0.480. The topological polar surface area (TPSA) is 30.3 Å². The van der Waals surface area contributed by atoms with Crippen molar-refractivity contribution in [2.24, 2.45) is 5.10 Å². The van der Waals surface area contributed by atoms with Gasteiger partial charge in [-0.25, -0.2) is 8.78 Å². The fourth-order valence-electron chi connectivity index (χ4n) is 4.37. The molecule has 0 spiro atoms. The number of hydrogen-bond acceptors (Lipinski definition) is 4. The third-order valence-corrected chi connectivity index (χ3v) is 6.92. The van der Waals surface area contributed by atoms with Gasteiger partial charge in [0.1, 0.15) is 39.2 Å². The molecule has 0 aliphatic carbocycles. The van der Waals surface area contributed by atoms with Crippen LogP contribution in [0.25, 0.3) is 0 Å². The molecule has 0 bridgehead atoms. The molecule has 1 atom stereocenters. The average molecular weight is 446 g/mol. The molecule has 0 saturated carbocycles. The molecule has 1 radical (unpaired) electrons. The van der Waals surface area contributed by atoms with Gasteiger partial charge in [0.2, 0.25) is 0 Å². The summed E-state index contributed by atoms with van der Waals surface area (Å²) in [5, 5.41) is 4.92. The van der Waals surface area contributed by atoms with Crippen LogP contribution in [0.2, 0.25) is 0 Å². The van der Waals surface area contributed by atoms with E-state index < -0.39 is 16.5 Å². The number of thioether (sulfide) groups is 1. The van der Waals surface area contributed by atoms with Crippen molar-refractivity contribution in [3.8, 4) is 0 Å². The minimum atomic E-state index is -0.517. The number of nitrogens with one attached hydrogen (secondary N) is 1. The third-order valence-electron chi connectivity index (χ3n) is 5.54. The number of hydrazone groups is 1. The van der Waals surface area contributed by atoms with Crippen LogP contribution < -0.4 is 10.3 Å². The molecule has 3 nitrogen and oxygen atoms in total. The van der Waals surface area contributed by atoms with Gasteiger partial charge in [-0.05, 0) is 71.7 Å². The quantitative estimate of drug-likeness (QED) is 0.527. The molecule has 1 heterocycles. The summed E-state index contributed by atoms with van der Waals surface area (Å²) in [7, 11) is 0. The zero-order valence-electron chi connectivity index (χ0n) is 19.3. The molecule has 6 heteroatoms. The second kappa shape index (κ2) is 8.91. The third kappa shape index (κ3) is 5.47. The lowest BCUT2D eigenvalue weighted by molar-refractivity contribution is 0.139. The summed E-state index contributed by atoms with van der Waals surface area (Å²) in [4.78, 5) is 1.99. The minimum Gasteiger partial charge on any atom is -0.288 e. The first kappa shape index (κ1) is 23.7. The van der Waals surface area contributed by atoms with E-state index in [0.717, 1.165) is 37.1 Å². The number of hydrogen-bond donors (Lipinski definition) is 1. The lowest BCUT2D eigenvalue weighted by atomic mass is 9.94. The molecule has 2 aromatic rings. The second-order valence-corrected chi connectivity index (χ2v) is 11.3. The van der Waals surface area contributed by atoms with Crippen molar-refractivity contribution in [1.29, 1.82) is 0 Å². The van der Waals surface area contributed by atoms with E-state index in [4.69, 9.17) is 0 Å². The Bertz CT molecular complexity index is 918. The first-order valence-electron chi connectivity index (χ1n) is 10.7. The van der Waals surface area contributed by atoms with E-state index in [9.17, 15) is 8.78 Å². The van der Waals surface area contributed by atoms with Crippen LogP contribution >= 0.6 is 11.8 Å². The summed E-state index contributed by atoms with van der Waals surface area (Å²) in [6.07, 6.45) is 1.73. The smallest absolute Gasteiger partial charge is 0.134 e.